The van der Waals surface area contributed by atoms with Crippen molar-refractivity contribution in [2.24, 2.45) is 0 Å². The van der Waals surface area contributed by atoms with E-state index < -0.39 is 15.8 Å². The summed E-state index contributed by atoms with van der Waals surface area (Å²) in [5.74, 6) is 0.442. The summed E-state index contributed by atoms with van der Waals surface area (Å²) in [5.41, 5.74) is 0. The van der Waals surface area contributed by atoms with Crippen LogP contribution >= 0.6 is 11.6 Å². The SMILES string of the molecule is CN(C)c1nc(CNS(=O)(=O)c2ccc(F)c(Cl)c2)nc(N2CCOCC2)n1. The number of hydrogen-bond donors (Lipinski definition) is 1. The molecule has 1 fully saturated rings. The summed E-state index contributed by atoms with van der Waals surface area (Å²) in [5, 5.41) is -0.271. The number of morpholine rings is 1. The van der Waals surface area contributed by atoms with Crippen molar-refractivity contribution in [2.45, 2.75) is 11.4 Å². The molecule has 1 aliphatic rings. The number of hydrogen-bond acceptors (Lipinski definition) is 8. The Bertz CT molecular complexity index is 953. The van der Waals surface area contributed by atoms with E-state index in [1.807, 2.05) is 4.90 Å². The van der Waals surface area contributed by atoms with Gasteiger partial charge in [0, 0.05) is 27.2 Å². The van der Waals surface area contributed by atoms with Crippen molar-refractivity contribution in [3.8, 4) is 0 Å². The van der Waals surface area contributed by atoms with Gasteiger partial charge >= 0.3 is 0 Å². The molecular formula is C16H20ClFN6O3S. The van der Waals surface area contributed by atoms with Gasteiger partial charge in [-0.25, -0.2) is 17.5 Å². The van der Waals surface area contributed by atoms with Gasteiger partial charge in [0.25, 0.3) is 0 Å². The van der Waals surface area contributed by atoms with Gasteiger partial charge in [-0.3, -0.25) is 0 Å². The zero-order valence-electron chi connectivity index (χ0n) is 15.4. The van der Waals surface area contributed by atoms with Crippen LogP contribution in [0.25, 0.3) is 0 Å². The number of nitrogens with one attached hydrogen (secondary N) is 1. The summed E-state index contributed by atoms with van der Waals surface area (Å²) in [7, 11) is -0.348. The zero-order chi connectivity index (χ0) is 20.3. The first kappa shape index (κ1) is 20.6. The van der Waals surface area contributed by atoms with Crippen molar-refractivity contribution >= 4 is 33.5 Å². The van der Waals surface area contributed by atoms with Crippen LogP contribution < -0.4 is 14.5 Å². The molecule has 1 aromatic carbocycles. The normalized spacial score (nSPS) is 14.9. The molecule has 0 bridgehead atoms. The van der Waals surface area contributed by atoms with Crippen molar-refractivity contribution in [2.75, 3.05) is 50.2 Å². The molecule has 2 heterocycles. The zero-order valence-corrected chi connectivity index (χ0v) is 17.0. The quantitative estimate of drug-likeness (QED) is 0.725. The molecule has 0 aliphatic carbocycles. The van der Waals surface area contributed by atoms with Crippen LogP contribution in [0.2, 0.25) is 5.02 Å². The largest absolute Gasteiger partial charge is 0.378 e. The minimum Gasteiger partial charge on any atom is -0.378 e. The minimum atomic E-state index is -3.92. The van der Waals surface area contributed by atoms with Crippen molar-refractivity contribution < 1.29 is 17.5 Å². The van der Waals surface area contributed by atoms with Crippen molar-refractivity contribution in [1.29, 1.82) is 0 Å². The second-order valence-electron chi connectivity index (χ2n) is 6.25. The van der Waals surface area contributed by atoms with E-state index in [0.29, 0.717) is 38.2 Å². The van der Waals surface area contributed by atoms with E-state index in [-0.39, 0.29) is 22.3 Å². The van der Waals surface area contributed by atoms with Gasteiger partial charge in [0.15, 0.2) is 5.82 Å². The van der Waals surface area contributed by atoms with Crippen LogP contribution in [-0.4, -0.2) is 63.8 Å². The van der Waals surface area contributed by atoms with Crippen LogP contribution in [0.4, 0.5) is 16.3 Å². The second kappa shape index (κ2) is 8.52. The molecule has 0 atom stereocenters. The number of sulfonamides is 1. The number of benzene rings is 1. The molecule has 9 nitrogen and oxygen atoms in total. The fraction of sp³-hybridized carbons (Fsp3) is 0.438. The Balaban J connectivity index is 1.82. The summed E-state index contributed by atoms with van der Waals surface area (Å²) >= 11 is 5.68. The number of nitrogens with zero attached hydrogens (tertiary/aromatic N) is 5. The lowest BCUT2D eigenvalue weighted by molar-refractivity contribution is 0.122. The number of aromatic nitrogens is 3. The number of ether oxygens (including phenoxy) is 1. The lowest BCUT2D eigenvalue weighted by atomic mass is 10.3. The maximum atomic E-state index is 13.3. The summed E-state index contributed by atoms with van der Waals surface area (Å²) in [6, 6.07) is 3.19. The Labute approximate surface area is 167 Å². The smallest absolute Gasteiger partial charge is 0.241 e. The Hall–Kier alpha value is -2.08. The van der Waals surface area contributed by atoms with Crippen LogP contribution in [0.1, 0.15) is 5.82 Å². The van der Waals surface area contributed by atoms with Gasteiger partial charge in [0.05, 0.1) is 29.7 Å². The molecule has 0 saturated carbocycles. The third kappa shape index (κ3) is 4.85. The summed E-state index contributed by atoms with van der Waals surface area (Å²) in [4.78, 5) is 16.6. The van der Waals surface area contributed by atoms with Gasteiger partial charge in [0.2, 0.25) is 21.9 Å². The van der Waals surface area contributed by atoms with Gasteiger partial charge in [-0.2, -0.15) is 15.0 Å². The first-order valence-electron chi connectivity index (χ1n) is 8.46. The van der Waals surface area contributed by atoms with E-state index in [1.54, 1.807) is 19.0 Å². The third-order valence-corrected chi connectivity index (χ3v) is 5.66. The molecule has 2 aromatic rings. The molecule has 1 N–H and O–H groups in total. The van der Waals surface area contributed by atoms with E-state index in [0.717, 1.165) is 18.2 Å². The standard InChI is InChI=1S/C16H20ClFN6O3S/c1-23(2)15-20-14(21-16(22-15)24-5-7-27-8-6-24)10-19-28(25,26)11-3-4-13(18)12(17)9-11/h3-4,9,19H,5-8,10H2,1-2H3. The monoisotopic (exact) mass is 430 g/mol. The summed E-state index contributed by atoms with van der Waals surface area (Å²) in [6.07, 6.45) is 0. The molecule has 1 aromatic heterocycles. The molecule has 1 aliphatic heterocycles. The van der Waals surface area contributed by atoms with Crippen molar-refractivity contribution in [3.05, 3.63) is 34.9 Å². The molecule has 3 rings (SSSR count). The number of halogens is 2. The first-order valence-corrected chi connectivity index (χ1v) is 10.3. The predicted molar refractivity (Wildman–Crippen MR) is 103 cm³/mol. The maximum absolute atomic E-state index is 13.3. The molecule has 0 amide bonds. The minimum absolute atomic E-state index is 0.144. The maximum Gasteiger partial charge on any atom is 0.241 e. The molecule has 28 heavy (non-hydrogen) atoms. The molecule has 0 spiro atoms. The van der Waals surface area contributed by atoms with E-state index in [9.17, 15) is 12.8 Å². The number of rotatable bonds is 6. The third-order valence-electron chi connectivity index (χ3n) is 3.97. The van der Waals surface area contributed by atoms with Crippen LogP contribution in [-0.2, 0) is 21.3 Å². The Morgan fingerprint density at radius 3 is 2.61 bits per heavy atom. The Kier molecular flexibility index (Phi) is 6.28. The highest BCUT2D eigenvalue weighted by Crippen LogP contribution is 2.20. The molecule has 0 radical (unpaired) electrons. The van der Waals surface area contributed by atoms with Crippen molar-refractivity contribution in [1.82, 2.24) is 19.7 Å². The highest BCUT2D eigenvalue weighted by molar-refractivity contribution is 7.89. The average Bonchev–Trinajstić information content (AvgIpc) is 2.69. The Morgan fingerprint density at radius 2 is 1.96 bits per heavy atom. The summed E-state index contributed by atoms with van der Waals surface area (Å²) in [6.45, 7) is 2.25. The van der Waals surface area contributed by atoms with Gasteiger partial charge in [-0.1, -0.05) is 11.6 Å². The van der Waals surface area contributed by atoms with E-state index in [4.69, 9.17) is 16.3 Å². The van der Waals surface area contributed by atoms with Gasteiger partial charge < -0.3 is 14.5 Å². The van der Waals surface area contributed by atoms with Gasteiger partial charge in [-0.15, -0.1) is 0 Å². The van der Waals surface area contributed by atoms with Crippen LogP contribution in [0.5, 0.6) is 0 Å². The van der Waals surface area contributed by atoms with Crippen LogP contribution in [0, 0.1) is 5.82 Å². The lowest BCUT2D eigenvalue weighted by Gasteiger charge is -2.27. The van der Waals surface area contributed by atoms with E-state index in [2.05, 4.69) is 19.7 Å². The fourth-order valence-corrected chi connectivity index (χ4v) is 3.72. The first-order chi connectivity index (χ1) is 13.3. The van der Waals surface area contributed by atoms with Crippen molar-refractivity contribution in [3.63, 3.8) is 0 Å². The molecular weight excluding hydrogens is 411 g/mol. The van der Waals surface area contributed by atoms with Crippen LogP contribution in [0.3, 0.4) is 0 Å². The van der Waals surface area contributed by atoms with Gasteiger partial charge in [0.1, 0.15) is 5.82 Å². The summed E-state index contributed by atoms with van der Waals surface area (Å²) < 4.78 is 46.0. The average molecular weight is 431 g/mol. The van der Waals surface area contributed by atoms with Crippen LogP contribution in [0.15, 0.2) is 23.1 Å². The topological polar surface area (TPSA) is 101 Å². The molecule has 152 valence electrons. The molecule has 0 unspecified atom stereocenters. The molecule has 12 heteroatoms. The van der Waals surface area contributed by atoms with Gasteiger partial charge in [-0.05, 0) is 18.2 Å². The van der Waals surface area contributed by atoms with E-state index in [1.165, 1.54) is 0 Å². The Morgan fingerprint density at radius 1 is 1.25 bits per heavy atom. The lowest BCUT2D eigenvalue weighted by Crippen LogP contribution is -2.38. The number of anilines is 2. The second-order valence-corrected chi connectivity index (χ2v) is 8.42. The molecule has 1 saturated heterocycles. The highest BCUT2D eigenvalue weighted by Gasteiger charge is 2.20. The van der Waals surface area contributed by atoms with E-state index >= 15 is 0 Å². The highest BCUT2D eigenvalue weighted by atomic mass is 35.5. The predicted octanol–water partition coefficient (Wildman–Crippen LogP) is 1.05. The fourth-order valence-electron chi connectivity index (χ4n) is 2.47.